The zero-order chi connectivity index (χ0) is 16.8. The normalized spacial score (nSPS) is 10.9. The number of phenols is 1. The van der Waals surface area contributed by atoms with Gasteiger partial charge in [0.1, 0.15) is 6.61 Å². The molecule has 0 aliphatic heterocycles. The molecule has 0 saturated carbocycles. The SMILES string of the molecule is Oc1c(F)cccc1/C=N/c1ncccc1OCc1ccccc1. The van der Waals surface area contributed by atoms with Crippen molar-refractivity contribution in [1.29, 1.82) is 0 Å². The molecule has 5 heteroatoms. The highest BCUT2D eigenvalue weighted by atomic mass is 19.1. The molecule has 4 nitrogen and oxygen atoms in total. The Bertz CT molecular complexity index is 851. The van der Waals surface area contributed by atoms with Crippen LogP contribution in [0.25, 0.3) is 0 Å². The van der Waals surface area contributed by atoms with Gasteiger partial charge in [0.25, 0.3) is 0 Å². The number of para-hydroxylation sites is 1. The number of benzene rings is 2. The van der Waals surface area contributed by atoms with E-state index in [1.807, 2.05) is 30.3 Å². The van der Waals surface area contributed by atoms with Gasteiger partial charge >= 0.3 is 0 Å². The van der Waals surface area contributed by atoms with E-state index in [1.165, 1.54) is 18.3 Å². The van der Waals surface area contributed by atoms with Crippen molar-refractivity contribution in [3.8, 4) is 11.5 Å². The van der Waals surface area contributed by atoms with Gasteiger partial charge in [-0.3, -0.25) is 0 Å². The number of aromatic hydroxyl groups is 1. The average Bonchev–Trinajstić information content (AvgIpc) is 2.63. The molecule has 24 heavy (non-hydrogen) atoms. The third-order valence-corrected chi connectivity index (χ3v) is 3.33. The molecule has 0 amide bonds. The summed E-state index contributed by atoms with van der Waals surface area (Å²) in [5, 5.41) is 9.68. The molecule has 1 aromatic heterocycles. The topological polar surface area (TPSA) is 54.7 Å². The molecule has 1 N–H and O–H groups in total. The number of hydrogen-bond acceptors (Lipinski definition) is 4. The van der Waals surface area contributed by atoms with Gasteiger partial charge in [0.2, 0.25) is 0 Å². The van der Waals surface area contributed by atoms with E-state index >= 15 is 0 Å². The summed E-state index contributed by atoms with van der Waals surface area (Å²) in [5.74, 6) is -0.268. The van der Waals surface area contributed by atoms with Gasteiger partial charge in [-0.15, -0.1) is 0 Å². The van der Waals surface area contributed by atoms with Crippen LogP contribution in [-0.4, -0.2) is 16.3 Å². The number of phenolic OH excluding ortho intramolecular Hbond substituents is 1. The van der Waals surface area contributed by atoms with Crippen LogP contribution in [0.2, 0.25) is 0 Å². The quantitative estimate of drug-likeness (QED) is 0.714. The van der Waals surface area contributed by atoms with Crippen LogP contribution in [0.5, 0.6) is 11.5 Å². The molecule has 0 aliphatic rings. The minimum Gasteiger partial charge on any atom is -0.504 e. The Labute approximate surface area is 138 Å². The highest BCUT2D eigenvalue weighted by Crippen LogP contribution is 2.26. The van der Waals surface area contributed by atoms with Crippen LogP contribution >= 0.6 is 0 Å². The van der Waals surface area contributed by atoms with Crippen LogP contribution in [0.3, 0.4) is 0 Å². The maximum atomic E-state index is 13.3. The van der Waals surface area contributed by atoms with Crippen LogP contribution in [0.15, 0.2) is 71.9 Å². The second-order valence-electron chi connectivity index (χ2n) is 5.04. The van der Waals surface area contributed by atoms with Crippen molar-refractivity contribution in [2.24, 2.45) is 4.99 Å². The number of hydrogen-bond donors (Lipinski definition) is 1. The van der Waals surface area contributed by atoms with Crippen molar-refractivity contribution in [3.63, 3.8) is 0 Å². The number of aromatic nitrogens is 1. The Balaban J connectivity index is 1.79. The molecule has 3 rings (SSSR count). The minimum atomic E-state index is -0.694. The van der Waals surface area contributed by atoms with Crippen LogP contribution in [0.4, 0.5) is 10.2 Å². The molecular weight excluding hydrogens is 307 g/mol. The van der Waals surface area contributed by atoms with E-state index < -0.39 is 11.6 Å². The highest BCUT2D eigenvalue weighted by molar-refractivity contribution is 5.85. The number of pyridine rings is 1. The molecule has 120 valence electrons. The second-order valence-corrected chi connectivity index (χ2v) is 5.04. The van der Waals surface area contributed by atoms with E-state index in [0.29, 0.717) is 18.2 Å². The predicted octanol–water partition coefficient (Wildman–Crippen LogP) is 4.26. The maximum absolute atomic E-state index is 13.3. The van der Waals surface area contributed by atoms with Crippen molar-refractivity contribution in [2.75, 3.05) is 0 Å². The zero-order valence-corrected chi connectivity index (χ0v) is 12.8. The van der Waals surface area contributed by atoms with Crippen molar-refractivity contribution < 1.29 is 14.2 Å². The third kappa shape index (κ3) is 3.76. The molecule has 0 atom stereocenters. The van der Waals surface area contributed by atoms with E-state index in [1.54, 1.807) is 24.4 Å². The summed E-state index contributed by atoms with van der Waals surface area (Å²) in [4.78, 5) is 8.36. The fourth-order valence-corrected chi connectivity index (χ4v) is 2.09. The van der Waals surface area contributed by atoms with Crippen molar-refractivity contribution >= 4 is 12.0 Å². The Morgan fingerprint density at radius 2 is 1.88 bits per heavy atom. The van der Waals surface area contributed by atoms with Crippen molar-refractivity contribution in [2.45, 2.75) is 6.61 Å². The van der Waals surface area contributed by atoms with Gasteiger partial charge in [-0.25, -0.2) is 14.4 Å². The van der Waals surface area contributed by atoms with E-state index in [9.17, 15) is 9.50 Å². The summed E-state index contributed by atoms with van der Waals surface area (Å²) >= 11 is 0. The van der Waals surface area contributed by atoms with Crippen molar-refractivity contribution in [3.05, 3.63) is 83.8 Å². The van der Waals surface area contributed by atoms with Gasteiger partial charge < -0.3 is 9.84 Å². The van der Waals surface area contributed by atoms with E-state index in [0.717, 1.165) is 5.56 Å². The lowest BCUT2D eigenvalue weighted by Gasteiger charge is -2.08. The van der Waals surface area contributed by atoms with Gasteiger partial charge in [-0.1, -0.05) is 36.4 Å². The summed E-state index contributed by atoms with van der Waals surface area (Å²) < 4.78 is 19.1. The number of ether oxygens (including phenoxy) is 1. The first-order chi connectivity index (χ1) is 11.7. The van der Waals surface area contributed by atoms with Gasteiger partial charge in [0.05, 0.1) is 0 Å². The van der Waals surface area contributed by atoms with Crippen LogP contribution < -0.4 is 4.74 Å². The molecule has 0 fully saturated rings. The van der Waals surface area contributed by atoms with E-state index in [4.69, 9.17) is 4.74 Å². The first kappa shape index (κ1) is 15.7. The summed E-state index contributed by atoms with van der Waals surface area (Å²) in [6, 6.07) is 17.5. The minimum absolute atomic E-state index is 0.273. The predicted molar refractivity (Wildman–Crippen MR) is 90.3 cm³/mol. The van der Waals surface area contributed by atoms with Crippen LogP contribution in [0.1, 0.15) is 11.1 Å². The van der Waals surface area contributed by atoms with E-state index in [2.05, 4.69) is 9.98 Å². The number of halogens is 1. The number of rotatable bonds is 5. The molecule has 0 spiro atoms. The standard InChI is InChI=1S/C19H15FN2O2/c20-16-9-4-8-15(18(16)23)12-22-19-17(10-5-11-21-19)24-13-14-6-2-1-3-7-14/h1-12,23H,13H2/b22-12+. The fourth-order valence-electron chi connectivity index (χ4n) is 2.09. The van der Waals surface area contributed by atoms with Crippen molar-refractivity contribution in [1.82, 2.24) is 4.98 Å². The molecule has 2 aromatic carbocycles. The number of nitrogens with zero attached hydrogens (tertiary/aromatic N) is 2. The summed E-state index contributed by atoms with van der Waals surface area (Å²) in [7, 11) is 0. The maximum Gasteiger partial charge on any atom is 0.194 e. The van der Waals surface area contributed by atoms with E-state index in [-0.39, 0.29) is 5.56 Å². The molecular formula is C19H15FN2O2. The molecule has 1 heterocycles. The highest BCUT2D eigenvalue weighted by Gasteiger charge is 2.06. The second kappa shape index (κ2) is 7.37. The lowest BCUT2D eigenvalue weighted by atomic mass is 10.2. The smallest absolute Gasteiger partial charge is 0.194 e. The summed E-state index contributed by atoms with van der Waals surface area (Å²) in [6.07, 6.45) is 2.95. The number of aliphatic imine (C=N–C) groups is 1. The monoisotopic (exact) mass is 322 g/mol. The summed E-state index contributed by atoms with van der Waals surface area (Å²) in [6.45, 7) is 0.389. The molecule has 0 bridgehead atoms. The average molecular weight is 322 g/mol. The van der Waals surface area contributed by atoms with Gasteiger partial charge in [0.15, 0.2) is 23.1 Å². The molecule has 0 aliphatic carbocycles. The Kier molecular flexibility index (Phi) is 4.81. The Morgan fingerprint density at radius 3 is 2.71 bits per heavy atom. The van der Waals surface area contributed by atoms with Crippen LogP contribution in [-0.2, 0) is 6.61 Å². The first-order valence-electron chi connectivity index (χ1n) is 7.37. The van der Waals surface area contributed by atoms with Gasteiger partial charge in [-0.05, 0) is 29.8 Å². The Hall–Kier alpha value is -3.21. The molecule has 0 unspecified atom stereocenters. The summed E-state index contributed by atoms with van der Waals surface area (Å²) in [5.41, 5.74) is 1.30. The zero-order valence-electron chi connectivity index (χ0n) is 12.8. The molecule has 3 aromatic rings. The van der Waals surface area contributed by atoms with Gasteiger partial charge in [-0.2, -0.15) is 0 Å². The first-order valence-corrected chi connectivity index (χ1v) is 7.37. The fraction of sp³-hybridized carbons (Fsp3) is 0.0526. The Morgan fingerprint density at radius 1 is 1.04 bits per heavy atom. The van der Waals surface area contributed by atoms with Crippen LogP contribution in [0, 0.1) is 5.82 Å². The largest absolute Gasteiger partial charge is 0.504 e. The van der Waals surface area contributed by atoms with Gasteiger partial charge in [0, 0.05) is 18.0 Å². The molecule has 0 radical (unpaired) electrons. The molecule has 0 saturated heterocycles. The lowest BCUT2D eigenvalue weighted by Crippen LogP contribution is -1.96. The third-order valence-electron chi connectivity index (χ3n) is 3.33. The lowest BCUT2D eigenvalue weighted by molar-refractivity contribution is 0.306.